The summed E-state index contributed by atoms with van der Waals surface area (Å²) < 4.78 is 16.3. The van der Waals surface area contributed by atoms with E-state index in [2.05, 4.69) is 28.3 Å². The van der Waals surface area contributed by atoms with Crippen LogP contribution in [0.25, 0.3) is 0 Å². The van der Waals surface area contributed by atoms with Crippen molar-refractivity contribution < 1.29 is 9.18 Å². The molecule has 0 unspecified atom stereocenters. The molecule has 0 atom stereocenters. The number of rotatable bonds is 3. The maximum atomic E-state index is 14.8. The second kappa shape index (κ2) is 8.63. The van der Waals surface area contributed by atoms with Crippen LogP contribution in [-0.4, -0.2) is 15.7 Å². The lowest BCUT2D eigenvalue weighted by Gasteiger charge is -2.31. The summed E-state index contributed by atoms with van der Waals surface area (Å²) >= 11 is 6.18. The van der Waals surface area contributed by atoms with Gasteiger partial charge in [0.2, 0.25) is 0 Å². The number of amides is 1. The van der Waals surface area contributed by atoms with E-state index in [1.165, 1.54) is 16.9 Å². The quantitative estimate of drug-likeness (QED) is 0.584. The van der Waals surface area contributed by atoms with E-state index in [0.717, 1.165) is 5.56 Å². The Labute approximate surface area is 184 Å². The largest absolute Gasteiger partial charge is 0.318 e. The first-order valence-corrected chi connectivity index (χ1v) is 10.1. The van der Waals surface area contributed by atoms with Crippen LogP contribution in [0.5, 0.6) is 0 Å². The predicted molar refractivity (Wildman–Crippen MR) is 116 cm³/mol. The van der Waals surface area contributed by atoms with Gasteiger partial charge in [-0.05, 0) is 49.6 Å². The van der Waals surface area contributed by atoms with E-state index in [1.54, 1.807) is 13.0 Å². The number of aryl methyl sites for hydroxylation is 1. The Morgan fingerprint density at radius 1 is 1.23 bits per heavy atom. The van der Waals surface area contributed by atoms with Crippen LogP contribution in [0.2, 0.25) is 5.02 Å². The lowest BCUT2D eigenvalue weighted by atomic mass is 9.81. The van der Waals surface area contributed by atoms with E-state index in [9.17, 15) is 9.18 Å². The van der Waals surface area contributed by atoms with E-state index in [1.807, 2.05) is 30.3 Å². The molecule has 0 bridgehead atoms. The summed E-state index contributed by atoms with van der Waals surface area (Å²) in [4.78, 5) is 12.9. The van der Waals surface area contributed by atoms with Crippen LogP contribution in [-0.2, 0) is 0 Å². The molecule has 1 heterocycles. The number of hydrogen-bond donors (Lipinski definition) is 1. The van der Waals surface area contributed by atoms with Gasteiger partial charge in [-0.25, -0.2) is 4.39 Å². The predicted octanol–water partition coefficient (Wildman–Crippen LogP) is 5.11. The van der Waals surface area contributed by atoms with Crippen LogP contribution in [0.4, 0.5) is 10.1 Å². The number of nitrogens with one attached hydrogen (secondary N) is 1. The van der Waals surface area contributed by atoms with Crippen molar-refractivity contribution >= 4 is 23.2 Å². The Balaban J connectivity index is 1.55. The maximum Gasteiger partial charge on any atom is 0.275 e. The molecule has 3 aromatic rings. The monoisotopic (exact) mass is 432 g/mol. The second-order valence-electron chi connectivity index (χ2n) is 7.46. The van der Waals surface area contributed by atoms with Crippen LogP contribution >= 0.6 is 11.6 Å². The summed E-state index contributed by atoms with van der Waals surface area (Å²) in [6.45, 7) is 1.70. The zero-order valence-electron chi connectivity index (χ0n) is 16.7. The molecule has 1 aliphatic carbocycles. The molecule has 1 amide bonds. The topological polar surface area (TPSA) is 70.7 Å². The number of carbonyl (C=O) groups is 1. The molecule has 31 heavy (non-hydrogen) atoms. The molecule has 2 aromatic carbocycles. The zero-order chi connectivity index (χ0) is 22.0. The highest BCUT2D eigenvalue weighted by molar-refractivity contribution is 6.34. The van der Waals surface area contributed by atoms with Crippen LogP contribution in [0.1, 0.15) is 46.1 Å². The average Bonchev–Trinajstić information content (AvgIpc) is 3.10. The molecule has 0 saturated heterocycles. The van der Waals surface area contributed by atoms with Crippen molar-refractivity contribution in [2.45, 2.75) is 25.8 Å². The number of nitrogens with zero attached hydrogens (tertiary/aromatic N) is 3. The fourth-order valence-electron chi connectivity index (χ4n) is 3.54. The van der Waals surface area contributed by atoms with E-state index >= 15 is 0 Å². The van der Waals surface area contributed by atoms with Gasteiger partial charge in [0.25, 0.3) is 5.91 Å². The normalized spacial score (nSPS) is 17.1. The van der Waals surface area contributed by atoms with E-state index in [-0.39, 0.29) is 28.4 Å². The third-order valence-corrected chi connectivity index (χ3v) is 5.54. The Kier molecular flexibility index (Phi) is 5.75. The summed E-state index contributed by atoms with van der Waals surface area (Å²) in [7, 11) is 0. The Bertz CT molecular complexity index is 1220. The molecule has 5 nitrogen and oxygen atoms in total. The molecule has 0 radical (unpaired) electrons. The highest BCUT2D eigenvalue weighted by Crippen LogP contribution is 2.38. The molecule has 1 aromatic heterocycles. The van der Waals surface area contributed by atoms with Crippen molar-refractivity contribution in [2.24, 2.45) is 5.92 Å². The minimum atomic E-state index is -0.582. The van der Waals surface area contributed by atoms with Gasteiger partial charge in [0.1, 0.15) is 11.5 Å². The van der Waals surface area contributed by atoms with E-state index < -0.39 is 11.7 Å². The van der Waals surface area contributed by atoms with Gasteiger partial charge in [-0.1, -0.05) is 41.6 Å². The van der Waals surface area contributed by atoms with Crippen LogP contribution < -0.4 is 5.32 Å². The standard InChI is InChI=1S/C24H18ClFN4O/c1-15-9-17(8-7-16-5-3-2-4-6-16)12-21(26)22(15)29-24(31)23-20(25)14-28-30(23)19-10-18(11-19)13-27/h2-6,9,12,14,18-19H,10-11H2,1H3,(H,29,31). The van der Waals surface area contributed by atoms with Crippen molar-refractivity contribution in [3.8, 4) is 17.9 Å². The molecule has 0 spiro atoms. The molecule has 0 aliphatic heterocycles. The maximum absolute atomic E-state index is 14.8. The van der Waals surface area contributed by atoms with Gasteiger partial charge >= 0.3 is 0 Å². The zero-order valence-corrected chi connectivity index (χ0v) is 17.4. The molecule has 7 heteroatoms. The second-order valence-corrected chi connectivity index (χ2v) is 7.86. The molecule has 154 valence electrons. The van der Waals surface area contributed by atoms with Crippen molar-refractivity contribution in [2.75, 3.05) is 5.32 Å². The summed E-state index contributed by atoms with van der Waals surface area (Å²) in [5.74, 6) is 4.76. The highest BCUT2D eigenvalue weighted by atomic mass is 35.5. The Hall–Kier alpha value is -3.61. The first kappa shape index (κ1) is 20.7. The number of benzene rings is 2. The highest BCUT2D eigenvalue weighted by Gasteiger charge is 2.34. The number of anilines is 1. The van der Waals surface area contributed by atoms with Crippen LogP contribution in [0, 0.1) is 41.8 Å². The van der Waals surface area contributed by atoms with Gasteiger partial charge < -0.3 is 5.32 Å². The molecule has 1 N–H and O–H groups in total. The van der Waals surface area contributed by atoms with Crippen molar-refractivity contribution in [3.63, 3.8) is 0 Å². The summed E-state index contributed by atoms with van der Waals surface area (Å²) in [6, 6.07) is 14.6. The third-order valence-electron chi connectivity index (χ3n) is 5.26. The summed E-state index contributed by atoms with van der Waals surface area (Å²) in [5, 5.41) is 16.0. The third kappa shape index (κ3) is 4.30. The van der Waals surface area contributed by atoms with Gasteiger partial charge in [0.05, 0.1) is 34.9 Å². The van der Waals surface area contributed by atoms with Crippen molar-refractivity contribution in [3.05, 3.63) is 81.9 Å². The molecular formula is C24H18ClFN4O. The van der Waals surface area contributed by atoms with Crippen molar-refractivity contribution in [1.29, 1.82) is 5.26 Å². The lowest BCUT2D eigenvalue weighted by molar-refractivity contribution is 0.100. The molecule has 1 fully saturated rings. The van der Waals surface area contributed by atoms with Gasteiger partial charge in [0.15, 0.2) is 0 Å². The van der Waals surface area contributed by atoms with Gasteiger partial charge in [-0.3, -0.25) is 9.48 Å². The number of carbonyl (C=O) groups excluding carboxylic acids is 1. The minimum Gasteiger partial charge on any atom is -0.318 e. The van der Waals surface area contributed by atoms with Gasteiger partial charge in [-0.15, -0.1) is 0 Å². The van der Waals surface area contributed by atoms with Crippen molar-refractivity contribution in [1.82, 2.24) is 9.78 Å². The first-order valence-electron chi connectivity index (χ1n) is 9.77. The van der Waals surface area contributed by atoms with Gasteiger partial charge in [-0.2, -0.15) is 10.4 Å². The number of nitriles is 1. The van der Waals surface area contributed by atoms with Crippen LogP contribution in [0.15, 0.2) is 48.7 Å². The fourth-order valence-corrected chi connectivity index (χ4v) is 3.75. The minimum absolute atomic E-state index is 0.0480. The number of hydrogen-bond acceptors (Lipinski definition) is 3. The summed E-state index contributed by atoms with van der Waals surface area (Å²) in [5.41, 5.74) is 2.12. The molecule has 4 rings (SSSR count). The number of halogens is 2. The van der Waals surface area contributed by atoms with E-state index in [0.29, 0.717) is 24.0 Å². The van der Waals surface area contributed by atoms with Gasteiger partial charge in [0, 0.05) is 11.1 Å². The van der Waals surface area contributed by atoms with E-state index in [4.69, 9.17) is 16.9 Å². The summed E-state index contributed by atoms with van der Waals surface area (Å²) in [6.07, 6.45) is 2.61. The Morgan fingerprint density at radius 3 is 2.61 bits per heavy atom. The fraction of sp³-hybridized carbons (Fsp3) is 0.208. The lowest BCUT2D eigenvalue weighted by Crippen LogP contribution is -2.30. The number of aromatic nitrogens is 2. The molecule has 1 aliphatic rings. The SMILES string of the molecule is Cc1cc(C#Cc2ccccc2)cc(F)c1NC(=O)c1c(Cl)cnn1C1CC(C#N)C1. The Morgan fingerprint density at radius 2 is 1.94 bits per heavy atom. The molecular weight excluding hydrogens is 415 g/mol. The first-order chi connectivity index (χ1) is 15.0. The smallest absolute Gasteiger partial charge is 0.275 e. The average molecular weight is 433 g/mol. The van der Waals surface area contributed by atoms with Crippen LogP contribution in [0.3, 0.4) is 0 Å². The molecule has 1 saturated carbocycles.